The highest BCUT2D eigenvalue weighted by Gasteiger charge is 2.27. The van der Waals surface area contributed by atoms with E-state index in [2.05, 4.69) is 64.2 Å². The Kier molecular flexibility index (Phi) is 7.10. The molecule has 4 aromatic rings. The molecule has 1 saturated carbocycles. The molecule has 1 atom stereocenters. The third kappa shape index (κ3) is 5.87. The molecule has 0 saturated heterocycles. The monoisotopic (exact) mass is 533 g/mol. The van der Waals surface area contributed by atoms with Crippen LogP contribution in [0.15, 0.2) is 48.8 Å². The number of carbonyl (C=O) groups excluding carboxylic acids is 1. The standard InChI is InChI=1S/C30H31N9O/c1-18(40)35-22-7-5-6-19(10-22)29(26-16-39(38-37-26)24-8-9-24)36-23-11-20(13-31)27-25(12-23)28(21(14-32)15-33-27)34-17-30(2,3)4/h5-7,10-12,15-16,24,29,36H,8-9,17H2,1-4H3,(H,33,34)(H,35,40)/t29-/m0/s1. The number of carbonyl (C=O) groups is 1. The zero-order chi connectivity index (χ0) is 28.4. The van der Waals surface area contributed by atoms with Crippen molar-refractivity contribution in [3.05, 3.63) is 71.2 Å². The van der Waals surface area contributed by atoms with Gasteiger partial charge < -0.3 is 16.0 Å². The normalized spacial score (nSPS) is 13.8. The lowest BCUT2D eigenvalue weighted by Gasteiger charge is -2.22. The Labute approximate surface area is 233 Å². The quantitative estimate of drug-likeness (QED) is 0.268. The lowest BCUT2D eigenvalue weighted by Crippen LogP contribution is -2.20. The molecule has 2 aromatic carbocycles. The van der Waals surface area contributed by atoms with Gasteiger partial charge in [0.15, 0.2) is 0 Å². The Balaban J connectivity index is 1.61. The van der Waals surface area contributed by atoms with Crippen LogP contribution in [0.4, 0.5) is 17.1 Å². The molecule has 1 aliphatic rings. The fourth-order valence-corrected chi connectivity index (χ4v) is 4.53. The molecule has 2 heterocycles. The van der Waals surface area contributed by atoms with Crippen LogP contribution in [0.5, 0.6) is 0 Å². The fourth-order valence-electron chi connectivity index (χ4n) is 4.53. The summed E-state index contributed by atoms with van der Waals surface area (Å²) in [5.74, 6) is -0.161. The molecule has 0 spiro atoms. The average Bonchev–Trinajstić information content (AvgIpc) is 3.65. The third-order valence-corrected chi connectivity index (χ3v) is 6.60. The van der Waals surface area contributed by atoms with Gasteiger partial charge in [-0.1, -0.05) is 38.1 Å². The number of fused-ring (bicyclic) bond motifs is 1. The Hall–Kier alpha value is -4.96. The molecule has 0 radical (unpaired) electrons. The Morgan fingerprint density at radius 3 is 2.58 bits per heavy atom. The number of anilines is 3. The van der Waals surface area contributed by atoms with Crippen LogP contribution >= 0.6 is 0 Å². The number of rotatable bonds is 8. The van der Waals surface area contributed by atoms with Gasteiger partial charge >= 0.3 is 0 Å². The average molecular weight is 534 g/mol. The molecule has 10 nitrogen and oxygen atoms in total. The first-order chi connectivity index (χ1) is 19.1. The number of nitrogens with zero attached hydrogens (tertiary/aromatic N) is 6. The van der Waals surface area contributed by atoms with E-state index in [1.165, 1.54) is 13.1 Å². The number of pyridine rings is 1. The molecule has 0 bridgehead atoms. The second-order valence-electron chi connectivity index (χ2n) is 11.3. The van der Waals surface area contributed by atoms with Gasteiger partial charge in [0.25, 0.3) is 0 Å². The Morgan fingerprint density at radius 1 is 1.12 bits per heavy atom. The number of hydrogen-bond donors (Lipinski definition) is 3. The second-order valence-corrected chi connectivity index (χ2v) is 11.3. The summed E-state index contributed by atoms with van der Waals surface area (Å²) in [4.78, 5) is 16.2. The van der Waals surface area contributed by atoms with Gasteiger partial charge in [-0.05, 0) is 48.1 Å². The van der Waals surface area contributed by atoms with E-state index < -0.39 is 6.04 Å². The van der Waals surface area contributed by atoms with Crippen LogP contribution in [0.3, 0.4) is 0 Å². The van der Waals surface area contributed by atoms with Crippen molar-refractivity contribution >= 4 is 33.9 Å². The van der Waals surface area contributed by atoms with Gasteiger partial charge in [0.1, 0.15) is 17.8 Å². The number of hydrogen-bond acceptors (Lipinski definition) is 8. The molecule has 0 aliphatic heterocycles. The number of amides is 1. The second kappa shape index (κ2) is 10.7. The zero-order valence-electron chi connectivity index (χ0n) is 23.0. The molecule has 3 N–H and O–H groups in total. The molecule has 2 aromatic heterocycles. The van der Waals surface area contributed by atoms with Crippen LogP contribution < -0.4 is 16.0 Å². The van der Waals surface area contributed by atoms with Crippen LogP contribution in [0.1, 0.15) is 75.0 Å². The van der Waals surface area contributed by atoms with E-state index >= 15 is 0 Å². The third-order valence-electron chi connectivity index (χ3n) is 6.60. The van der Waals surface area contributed by atoms with Crippen molar-refractivity contribution in [1.29, 1.82) is 10.5 Å². The van der Waals surface area contributed by atoms with E-state index in [0.717, 1.165) is 18.4 Å². The molecular weight excluding hydrogens is 502 g/mol. The molecule has 1 fully saturated rings. The van der Waals surface area contributed by atoms with Gasteiger partial charge in [0.2, 0.25) is 5.91 Å². The van der Waals surface area contributed by atoms with Gasteiger partial charge in [0.05, 0.1) is 40.6 Å². The van der Waals surface area contributed by atoms with E-state index in [1.807, 2.05) is 41.2 Å². The first-order valence-corrected chi connectivity index (χ1v) is 13.2. The maximum Gasteiger partial charge on any atom is 0.221 e. The van der Waals surface area contributed by atoms with Gasteiger partial charge in [-0.15, -0.1) is 5.10 Å². The summed E-state index contributed by atoms with van der Waals surface area (Å²) in [6.07, 6.45) is 5.60. The van der Waals surface area contributed by atoms with Crippen LogP contribution in [-0.2, 0) is 4.79 Å². The number of nitriles is 2. The summed E-state index contributed by atoms with van der Waals surface area (Å²) >= 11 is 0. The summed E-state index contributed by atoms with van der Waals surface area (Å²) in [5.41, 5.74) is 4.82. The number of nitrogens with one attached hydrogen (secondary N) is 3. The summed E-state index contributed by atoms with van der Waals surface area (Å²) in [7, 11) is 0. The SMILES string of the molecule is CC(=O)Nc1cccc([C@H](Nc2cc(C#N)c3ncc(C#N)c(NCC(C)(C)C)c3c2)c2cn(C3CC3)nn2)c1. The van der Waals surface area contributed by atoms with Crippen molar-refractivity contribution < 1.29 is 4.79 Å². The van der Waals surface area contributed by atoms with E-state index in [9.17, 15) is 15.3 Å². The van der Waals surface area contributed by atoms with Crippen molar-refractivity contribution in [1.82, 2.24) is 20.0 Å². The zero-order valence-corrected chi connectivity index (χ0v) is 23.0. The molecule has 10 heteroatoms. The van der Waals surface area contributed by atoms with Gasteiger partial charge in [0, 0.05) is 36.4 Å². The Morgan fingerprint density at radius 2 is 1.90 bits per heavy atom. The lowest BCUT2D eigenvalue weighted by atomic mass is 9.96. The predicted octanol–water partition coefficient (Wildman–Crippen LogP) is 5.52. The minimum absolute atomic E-state index is 0.0341. The highest BCUT2D eigenvalue weighted by molar-refractivity contribution is 5.99. The highest BCUT2D eigenvalue weighted by atomic mass is 16.1. The molecule has 0 unspecified atom stereocenters. The molecule has 5 rings (SSSR count). The molecule has 40 heavy (non-hydrogen) atoms. The van der Waals surface area contributed by atoms with Crippen LogP contribution in [0.25, 0.3) is 10.9 Å². The van der Waals surface area contributed by atoms with Crippen molar-refractivity contribution in [3.8, 4) is 12.1 Å². The summed E-state index contributed by atoms with van der Waals surface area (Å²) in [5, 5.41) is 39.2. The summed E-state index contributed by atoms with van der Waals surface area (Å²) < 4.78 is 1.89. The molecule has 202 valence electrons. The summed E-state index contributed by atoms with van der Waals surface area (Å²) in [6, 6.07) is 15.7. The lowest BCUT2D eigenvalue weighted by molar-refractivity contribution is -0.114. The molecule has 1 aliphatic carbocycles. The predicted molar refractivity (Wildman–Crippen MR) is 154 cm³/mol. The first-order valence-electron chi connectivity index (χ1n) is 13.2. The van der Waals surface area contributed by atoms with Gasteiger partial charge in [-0.3, -0.25) is 9.78 Å². The smallest absolute Gasteiger partial charge is 0.221 e. The highest BCUT2D eigenvalue weighted by Crippen LogP contribution is 2.37. The van der Waals surface area contributed by atoms with E-state index in [4.69, 9.17) is 0 Å². The van der Waals surface area contributed by atoms with Crippen LogP contribution in [-0.4, -0.2) is 32.4 Å². The van der Waals surface area contributed by atoms with Crippen molar-refractivity contribution in [2.24, 2.45) is 5.41 Å². The largest absolute Gasteiger partial charge is 0.383 e. The van der Waals surface area contributed by atoms with Crippen molar-refractivity contribution in [2.45, 2.75) is 52.6 Å². The first kappa shape index (κ1) is 26.6. The van der Waals surface area contributed by atoms with Gasteiger partial charge in [-0.25, -0.2) is 4.68 Å². The minimum Gasteiger partial charge on any atom is -0.383 e. The maximum atomic E-state index is 11.7. The Bertz CT molecular complexity index is 1670. The van der Waals surface area contributed by atoms with E-state index in [1.54, 1.807) is 6.07 Å². The summed E-state index contributed by atoms with van der Waals surface area (Å²) in [6.45, 7) is 8.42. The topological polar surface area (TPSA) is 144 Å². The molecular formula is C30H31N9O. The van der Waals surface area contributed by atoms with E-state index in [-0.39, 0.29) is 11.3 Å². The number of aromatic nitrogens is 4. The minimum atomic E-state index is -0.428. The molecule has 1 amide bonds. The maximum absolute atomic E-state index is 11.7. The van der Waals surface area contributed by atoms with Gasteiger partial charge in [-0.2, -0.15) is 10.5 Å². The van der Waals surface area contributed by atoms with Crippen LogP contribution in [0.2, 0.25) is 0 Å². The van der Waals surface area contributed by atoms with E-state index in [0.29, 0.717) is 57.4 Å². The van der Waals surface area contributed by atoms with Crippen LogP contribution in [0, 0.1) is 28.1 Å². The number of benzene rings is 2. The van der Waals surface area contributed by atoms with Crippen molar-refractivity contribution in [2.75, 3.05) is 22.5 Å². The van der Waals surface area contributed by atoms with Crippen molar-refractivity contribution in [3.63, 3.8) is 0 Å². The fraction of sp³-hybridized carbons (Fsp3) is 0.333.